The molecule has 0 radical (unpaired) electrons. The molecule has 0 saturated heterocycles. The first kappa shape index (κ1) is 11.8. The molecule has 88 valence electrons. The van der Waals surface area contributed by atoms with Gasteiger partial charge in [0.25, 0.3) is 0 Å². The number of hydrogen-bond acceptors (Lipinski definition) is 3. The minimum absolute atomic E-state index is 0.230. The number of carboxylic acids is 1. The molecule has 0 spiro atoms. The summed E-state index contributed by atoms with van der Waals surface area (Å²) in [6.45, 7) is 0. The van der Waals surface area contributed by atoms with Crippen LogP contribution in [0.2, 0.25) is 10.0 Å². The van der Waals surface area contributed by atoms with Crippen LogP contribution in [0.15, 0.2) is 24.4 Å². The van der Waals surface area contributed by atoms with Gasteiger partial charge in [-0.3, -0.25) is 0 Å². The van der Waals surface area contributed by atoms with E-state index < -0.39 is 17.4 Å². The molecule has 0 amide bonds. The van der Waals surface area contributed by atoms with E-state index in [9.17, 15) is 9.90 Å². The third-order valence-corrected chi connectivity index (χ3v) is 2.88. The van der Waals surface area contributed by atoms with E-state index in [0.717, 1.165) is 10.9 Å². The molecule has 2 aromatic rings. The van der Waals surface area contributed by atoms with Crippen LogP contribution >= 0.6 is 23.2 Å². The Kier molecular flexibility index (Phi) is 2.95. The minimum Gasteiger partial charge on any atom is -0.504 e. The highest BCUT2D eigenvalue weighted by atomic mass is 35.5. The molecule has 5 nitrogen and oxygen atoms in total. The van der Waals surface area contributed by atoms with Gasteiger partial charge in [-0.15, -0.1) is 0 Å². The predicted molar refractivity (Wildman–Crippen MR) is 62.2 cm³/mol. The van der Waals surface area contributed by atoms with Crippen molar-refractivity contribution in [1.82, 2.24) is 9.78 Å². The van der Waals surface area contributed by atoms with Gasteiger partial charge in [0.2, 0.25) is 5.69 Å². The summed E-state index contributed by atoms with van der Waals surface area (Å²) in [5.74, 6) is -1.76. The quantitative estimate of drug-likeness (QED) is 0.881. The van der Waals surface area contributed by atoms with Crippen LogP contribution < -0.4 is 0 Å². The fourth-order valence-electron chi connectivity index (χ4n) is 1.31. The van der Waals surface area contributed by atoms with Crippen LogP contribution in [0.3, 0.4) is 0 Å². The van der Waals surface area contributed by atoms with Crippen molar-refractivity contribution < 1.29 is 15.0 Å². The van der Waals surface area contributed by atoms with Gasteiger partial charge in [0.15, 0.2) is 5.75 Å². The monoisotopic (exact) mass is 272 g/mol. The summed E-state index contributed by atoms with van der Waals surface area (Å²) < 4.78 is 1.16. The third-order valence-electron chi connectivity index (χ3n) is 2.08. The first-order valence-corrected chi connectivity index (χ1v) is 5.22. The Morgan fingerprint density at radius 2 is 2.06 bits per heavy atom. The topological polar surface area (TPSA) is 75.3 Å². The number of rotatable bonds is 2. The van der Waals surface area contributed by atoms with Gasteiger partial charge in [0.1, 0.15) is 0 Å². The number of carbonyl (C=O) groups is 1. The van der Waals surface area contributed by atoms with E-state index in [0.29, 0.717) is 10.7 Å². The lowest BCUT2D eigenvalue weighted by atomic mass is 10.3. The second kappa shape index (κ2) is 4.27. The van der Waals surface area contributed by atoms with Gasteiger partial charge in [0, 0.05) is 0 Å². The molecule has 2 rings (SSSR count). The number of aromatic nitrogens is 2. The predicted octanol–water partition coefficient (Wildman–Crippen LogP) is 2.58. The second-order valence-electron chi connectivity index (χ2n) is 3.19. The maximum Gasteiger partial charge on any atom is 0.360 e. The Bertz CT molecular complexity index is 595. The van der Waals surface area contributed by atoms with Gasteiger partial charge in [-0.2, -0.15) is 5.10 Å². The molecule has 1 aromatic heterocycles. The van der Waals surface area contributed by atoms with Gasteiger partial charge in [-0.1, -0.05) is 29.3 Å². The zero-order valence-electron chi connectivity index (χ0n) is 8.26. The summed E-state index contributed by atoms with van der Waals surface area (Å²) in [5.41, 5.74) is -0.0528. The van der Waals surface area contributed by atoms with Crippen LogP contribution in [0.1, 0.15) is 10.5 Å². The maximum atomic E-state index is 10.7. The SMILES string of the molecule is O=C(O)c1nn(-c2cccc(Cl)c2Cl)cc1O. The number of hydrogen-bond donors (Lipinski definition) is 2. The number of benzene rings is 1. The fraction of sp³-hybridized carbons (Fsp3) is 0. The highest BCUT2D eigenvalue weighted by Crippen LogP contribution is 2.29. The standard InChI is InChI=1S/C10H6Cl2N2O3/c11-5-2-1-3-6(8(5)12)14-4-7(15)9(13-14)10(16)17/h1-4,15H,(H,16,17). The van der Waals surface area contributed by atoms with Crippen molar-refractivity contribution >= 4 is 29.2 Å². The molecule has 17 heavy (non-hydrogen) atoms. The molecule has 7 heteroatoms. The largest absolute Gasteiger partial charge is 0.504 e. The van der Waals surface area contributed by atoms with E-state index in [1.54, 1.807) is 18.2 Å². The molecular weight excluding hydrogens is 267 g/mol. The van der Waals surface area contributed by atoms with Crippen LogP contribution in [0.25, 0.3) is 5.69 Å². The van der Waals surface area contributed by atoms with Crippen molar-refractivity contribution in [3.63, 3.8) is 0 Å². The van der Waals surface area contributed by atoms with E-state index >= 15 is 0 Å². The lowest BCUT2D eigenvalue weighted by Gasteiger charge is -2.04. The molecule has 0 fully saturated rings. The van der Waals surface area contributed by atoms with E-state index in [4.69, 9.17) is 28.3 Å². The molecule has 0 aliphatic rings. The molecule has 0 bridgehead atoms. The van der Waals surface area contributed by atoms with E-state index in [1.807, 2.05) is 0 Å². The van der Waals surface area contributed by atoms with Crippen LogP contribution in [-0.2, 0) is 0 Å². The average molecular weight is 273 g/mol. The summed E-state index contributed by atoms with van der Waals surface area (Å²) in [4.78, 5) is 10.7. The second-order valence-corrected chi connectivity index (χ2v) is 3.97. The van der Waals surface area contributed by atoms with Crippen molar-refractivity contribution in [2.75, 3.05) is 0 Å². The Balaban J connectivity index is 2.58. The Hall–Kier alpha value is -1.72. The number of aromatic hydroxyl groups is 1. The first-order chi connectivity index (χ1) is 8.00. The van der Waals surface area contributed by atoms with Crippen molar-refractivity contribution in [2.24, 2.45) is 0 Å². The number of carboxylic acid groups (broad SMARTS) is 1. The lowest BCUT2D eigenvalue weighted by Crippen LogP contribution is -2.01. The Morgan fingerprint density at radius 1 is 1.35 bits per heavy atom. The summed E-state index contributed by atoms with van der Waals surface area (Å²) in [6.07, 6.45) is 1.15. The smallest absolute Gasteiger partial charge is 0.360 e. The van der Waals surface area contributed by atoms with Gasteiger partial charge in [-0.05, 0) is 12.1 Å². The van der Waals surface area contributed by atoms with Crippen LogP contribution in [0.5, 0.6) is 5.75 Å². The van der Waals surface area contributed by atoms with Crippen molar-refractivity contribution in [2.45, 2.75) is 0 Å². The molecule has 0 saturated carbocycles. The molecule has 0 aliphatic heterocycles. The molecule has 2 N–H and O–H groups in total. The van der Waals surface area contributed by atoms with Crippen LogP contribution in [-0.4, -0.2) is 26.0 Å². The Labute approximate surface area is 106 Å². The van der Waals surface area contributed by atoms with E-state index in [1.165, 1.54) is 0 Å². The van der Waals surface area contributed by atoms with Gasteiger partial charge in [0.05, 0.1) is 21.9 Å². The summed E-state index contributed by atoms with van der Waals surface area (Å²) >= 11 is 11.8. The third kappa shape index (κ3) is 2.07. The molecule has 0 atom stereocenters. The normalized spacial score (nSPS) is 10.5. The fourth-order valence-corrected chi connectivity index (χ4v) is 1.69. The lowest BCUT2D eigenvalue weighted by molar-refractivity contribution is 0.0687. The van der Waals surface area contributed by atoms with Crippen LogP contribution in [0, 0.1) is 0 Å². The van der Waals surface area contributed by atoms with E-state index in [2.05, 4.69) is 5.10 Å². The number of halogens is 2. The first-order valence-electron chi connectivity index (χ1n) is 4.47. The minimum atomic E-state index is -1.32. The van der Waals surface area contributed by atoms with Crippen molar-refractivity contribution in [3.8, 4) is 11.4 Å². The maximum absolute atomic E-state index is 10.7. The number of aromatic carboxylic acids is 1. The summed E-state index contributed by atoms with van der Waals surface area (Å²) in [7, 11) is 0. The molecule has 0 unspecified atom stereocenters. The highest BCUT2D eigenvalue weighted by molar-refractivity contribution is 6.43. The zero-order valence-corrected chi connectivity index (χ0v) is 9.77. The van der Waals surface area contributed by atoms with Crippen molar-refractivity contribution in [3.05, 3.63) is 40.1 Å². The highest BCUT2D eigenvalue weighted by Gasteiger charge is 2.17. The summed E-state index contributed by atoms with van der Waals surface area (Å²) in [6, 6.07) is 4.84. The Morgan fingerprint density at radius 3 is 2.65 bits per heavy atom. The van der Waals surface area contributed by atoms with Gasteiger partial charge >= 0.3 is 5.97 Å². The molecule has 1 aromatic carbocycles. The molecular formula is C10H6Cl2N2O3. The summed E-state index contributed by atoms with van der Waals surface area (Å²) in [5, 5.41) is 22.4. The van der Waals surface area contributed by atoms with E-state index in [-0.39, 0.29) is 5.02 Å². The van der Waals surface area contributed by atoms with Crippen molar-refractivity contribution in [1.29, 1.82) is 0 Å². The average Bonchev–Trinajstić information content (AvgIpc) is 2.64. The molecule has 0 aliphatic carbocycles. The zero-order chi connectivity index (χ0) is 12.6. The molecule has 1 heterocycles. The number of nitrogens with zero attached hydrogens (tertiary/aromatic N) is 2. The van der Waals surface area contributed by atoms with Gasteiger partial charge in [-0.25, -0.2) is 9.48 Å². The van der Waals surface area contributed by atoms with Crippen LogP contribution in [0.4, 0.5) is 0 Å². The van der Waals surface area contributed by atoms with Gasteiger partial charge < -0.3 is 10.2 Å².